The molecule has 42 heteroatoms. The third-order valence-electron chi connectivity index (χ3n) is 25.0. The maximum atomic E-state index is 15.7. The van der Waals surface area contributed by atoms with Gasteiger partial charge in [-0.3, -0.25) is 57.4 Å². The molecule has 12 aromatic rings. The van der Waals surface area contributed by atoms with E-state index in [1.807, 2.05) is 97.8 Å². The molecule has 3 aromatic carbocycles. The van der Waals surface area contributed by atoms with Crippen molar-refractivity contribution in [1.82, 2.24) is 58.3 Å². The number of benzene rings is 3. The molecule has 0 bridgehead atoms. The number of fused-ring (bicyclic) bond motifs is 3. The number of amides is 3. The number of halogens is 15. The summed E-state index contributed by atoms with van der Waals surface area (Å²) >= 11 is 56.1. The largest absolute Gasteiger partial charge is 0.396 e. The van der Waals surface area contributed by atoms with Crippen molar-refractivity contribution in [3.63, 3.8) is 0 Å². The second kappa shape index (κ2) is 41.5. The van der Waals surface area contributed by atoms with Crippen LogP contribution in [0.2, 0.25) is 45.2 Å². The molecule has 6 N–H and O–H groups in total. The van der Waals surface area contributed by atoms with Gasteiger partial charge in [0.2, 0.25) is 17.7 Å². The van der Waals surface area contributed by atoms with Crippen molar-refractivity contribution in [2.24, 2.45) is 0 Å². The first-order valence-corrected chi connectivity index (χ1v) is 47.3. The molecule has 3 aliphatic heterocycles. The number of pyridine rings is 9. The number of rotatable bonds is 15. The van der Waals surface area contributed by atoms with E-state index in [9.17, 15) is 44.6 Å². The number of nitrogens with zero attached hydrogens (tertiary/aromatic N) is 18. The van der Waals surface area contributed by atoms with Crippen LogP contribution in [-0.4, -0.2) is 152 Å². The summed E-state index contributed by atoms with van der Waals surface area (Å²) in [6, 6.07) is 13.7. The Morgan fingerprint density at radius 1 is 0.383 bits per heavy atom. The second-order valence-corrected chi connectivity index (χ2v) is 38.8. The van der Waals surface area contributed by atoms with Crippen LogP contribution >= 0.6 is 104 Å². The van der Waals surface area contributed by atoms with Crippen LogP contribution in [0.1, 0.15) is 151 Å². The number of carbonyl (C=O) groups is 3. The van der Waals surface area contributed by atoms with Crippen LogP contribution in [0.4, 0.5) is 60.5 Å². The minimum Gasteiger partial charge on any atom is -0.396 e. The fourth-order valence-electron chi connectivity index (χ4n) is 18.9. The molecular formula is C99H90Cl9F6N21O6. The Hall–Kier alpha value is -12.7. The average molecular weight is 2100 g/mol. The summed E-state index contributed by atoms with van der Waals surface area (Å²) in [7, 11) is 0. The van der Waals surface area contributed by atoms with Crippen molar-refractivity contribution in [3.8, 4) is 69.0 Å². The molecule has 0 saturated carbocycles. The third kappa shape index (κ3) is 18.4. The predicted octanol–water partition coefficient (Wildman–Crippen LogP) is 21.6. The molecule has 0 radical (unpaired) electrons. The van der Waals surface area contributed by atoms with E-state index >= 15 is 26.3 Å². The minimum absolute atomic E-state index is 0.0171. The number of carbonyl (C=O) groups excluding carboxylic acids is 3. The lowest BCUT2D eigenvalue weighted by molar-refractivity contribution is -0.131. The van der Waals surface area contributed by atoms with Gasteiger partial charge in [-0.2, -0.15) is 15.8 Å². The summed E-state index contributed by atoms with van der Waals surface area (Å²) in [6.45, 7) is 40.1. The monoisotopic (exact) mass is 2100 g/mol. The summed E-state index contributed by atoms with van der Waals surface area (Å²) in [5.41, 5.74) is 16.0. The number of anilines is 6. The normalized spacial score (nSPS) is 16.6. The summed E-state index contributed by atoms with van der Waals surface area (Å²) in [5, 5.41) is 27.6. The highest BCUT2D eigenvalue weighted by molar-refractivity contribution is 6.44. The molecule has 141 heavy (non-hydrogen) atoms. The number of piperazine rings is 3. The number of nitriles is 3. The van der Waals surface area contributed by atoms with Crippen LogP contribution in [0.3, 0.4) is 0 Å². The molecule has 3 amide bonds. The minimum atomic E-state index is -1.16. The van der Waals surface area contributed by atoms with Crippen molar-refractivity contribution in [3.05, 3.63) is 255 Å². The van der Waals surface area contributed by atoms with Crippen molar-refractivity contribution in [2.45, 2.75) is 158 Å². The predicted molar refractivity (Wildman–Crippen MR) is 545 cm³/mol. The van der Waals surface area contributed by atoms with E-state index in [-0.39, 0.29) is 210 Å². The lowest BCUT2D eigenvalue weighted by atomic mass is 10.0. The highest BCUT2D eigenvalue weighted by Gasteiger charge is 2.42. The zero-order chi connectivity index (χ0) is 104. The van der Waals surface area contributed by atoms with Crippen LogP contribution in [-0.2, 0) is 14.4 Å². The van der Waals surface area contributed by atoms with Crippen molar-refractivity contribution in [2.75, 3.05) is 71.2 Å². The highest BCUT2D eigenvalue weighted by atomic mass is 35.5. The first-order chi connectivity index (χ1) is 66.5. The van der Waals surface area contributed by atoms with E-state index in [1.165, 1.54) is 50.1 Å². The van der Waals surface area contributed by atoms with Gasteiger partial charge in [-0.05, 0) is 151 Å². The van der Waals surface area contributed by atoms with E-state index in [0.717, 1.165) is 0 Å². The molecule has 9 aromatic heterocycles. The maximum Gasteiger partial charge on any atom is 0.276 e. The number of aryl methyl sites for hydroxylation is 3. The van der Waals surface area contributed by atoms with E-state index < -0.39 is 115 Å². The molecular weight excluding hydrogens is 2010 g/mol. The van der Waals surface area contributed by atoms with Crippen molar-refractivity contribution in [1.29, 1.82) is 15.8 Å². The van der Waals surface area contributed by atoms with E-state index in [0.29, 0.717) is 50.8 Å². The molecule has 0 aliphatic carbocycles. The van der Waals surface area contributed by atoms with E-state index in [4.69, 9.17) is 122 Å². The zero-order valence-corrected chi connectivity index (χ0v) is 85.2. The van der Waals surface area contributed by atoms with Crippen LogP contribution < -0.4 is 48.6 Å². The number of aromatic nitrogens is 9. The van der Waals surface area contributed by atoms with Gasteiger partial charge in [-0.15, -0.1) is 0 Å². The van der Waals surface area contributed by atoms with Gasteiger partial charge >= 0.3 is 0 Å². The standard InChI is InChI=1S/3C33H30Cl3F2N7O2/c3*1-7-21(46)44-16(5)12-43(13-17(44)6)31-18-10-20(34)29(22-25(37)23(35)24(36)26(38)27(22)40)42-32(18)45(33(47)19(31)11-39)30-15(4)8-9-41-28(30)14(2)3/h3*7-10,14,16-17H,1,12-13,40H2,2-6H3/t3*16-,17+. The van der Waals surface area contributed by atoms with E-state index in [1.54, 1.807) is 72.3 Å². The second-order valence-electron chi connectivity index (χ2n) is 35.3. The maximum absolute atomic E-state index is 15.7. The van der Waals surface area contributed by atoms with Crippen molar-refractivity contribution >= 4 is 189 Å². The molecule has 0 unspecified atom stereocenters. The molecule has 732 valence electrons. The van der Waals surface area contributed by atoms with Gasteiger partial charge in [-0.25, -0.2) is 41.3 Å². The summed E-state index contributed by atoms with van der Waals surface area (Å²) in [5.74, 6) is -8.20. The van der Waals surface area contributed by atoms with Gasteiger partial charge in [0.05, 0.1) is 132 Å². The zero-order valence-electron chi connectivity index (χ0n) is 78.4. The number of hydrogen-bond donors (Lipinski definition) is 3. The molecule has 0 spiro atoms. The van der Waals surface area contributed by atoms with Crippen LogP contribution in [0, 0.1) is 89.7 Å². The molecule has 3 fully saturated rings. The van der Waals surface area contributed by atoms with Gasteiger partial charge in [0.25, 0.3) is 16.7 Å². The molecule has 6 atom stereocenters. The quantitative estimate of drug-likeness (QED) is 0.0282. The van der Waals surface area contributed by atoms with Gasteiger partial charge in [0.1, 0.15) is 66.9 Å². The fraction of sp³-hybridized carbons (Fsp3) is 0.303. The SMILES string of the molecule is C=CC(=O)N1[C@H](C)CN(c2c(C#N)c(=O)n(-c3c(C)ccnc3C(C)C)c3nc(-c4c(N)c(F)c(Cl)c(Cl)c4F)c(Cl)cc23)C[C@@H]1C.C=CC(=O)N1[C@H](C)CN(c2c(C#N)c(=O)n(-c3c(C)ccnc3C(C)C)c3nc(-c4c(N)c(F)c(Cl)c(Cl)c4F)c(Cl)cc23)C[C@@H]1C.C=CC(=O)N1[C@H](C)CN(c2c(C#N)c(=O)n(-c3c(C)ccnc3C(C)C)c3nc(-c4c(N)c(F)c(Cl)c(Cl)c4F)c(Cl)cc23)C[C@@H]1C. The highest BCUT2D eigenvalue weighted by Crippen LogP contribution is 2.50. The van der Waals surface area contributed by atoms with Crippen LogP contribution in [0.15, 0.2) is 107 Å². The molecule has 3 aliphatic rings. The Morgan fingerprint density at radius 3 is 0.780 bits per heavy atom. The molecule has 15 rings (SSSR count). The fourth-order valence-corrected chi connectivity index (χ4v) is 20.7. The Bertz CT molecular complexity index is 6860. The number of nitrogens with two attached hydrogens (primary N) is 3. The van der Waals surface area contributed by atoms with Gasteiger partial charge in [0, 0.05) is 110 Å². The first-order valence-electron chi connectivity index (χ1n) is 43.9. The van der Waals surface area contributed by atoms with Crippen molar-refractivity contribution < 1.29 is 40.7 Å². The average Bonchev–Trinajstić information content (AvgIpc) is 0.725. The molecule has 27 nitrogen and oxygen atoms in total. The topological polar surface area (TPSA) is 363 Å². The Labute approximate surface area is 850 Å². The lowest BCUT2D eigenvalue weighted by Gasteiger charge is -2.45. The Morgan fingerprint density at radius 2 is 0.589 bits per heavy atom. The van der Waals surface area contributed by atoms with Gasteiger partial charge in [0.15, 0.2) is 34.9 Å². The van der Waals surface area contributed by atoms with Crippen LogP contribution in [0.25, 0.3) is 83.9 Å². The molecule has 12 heterocycles. The molecule has 3 saturated heterocycles. The smallest absolute Gasteiger partial charge is 0.276 e. The Kier molecular flexibility index (Phi) is 31.0. The third-order valence-corrected chi connectivity index (χ3v) is 28.2. The van der Waals surface area contributed by atoms with Crippen LogP contribution in [0.5, 0.6) is 0 Å². The van der Waals surface area contributed by atoms with Gasteiger partial charge < -0.3 is 46.6 Å². The van der Waals surface area contributed by atoms with Gasteiger partial charge in [-0.1, -0.05) is 166 Å². The lowest BCUT2D eigenvalue weighted by Crippen LogP contribution is -2.58. The number of hydrogen-bond acceptors (Lipinski definition) is 21. The first kappa shape index (κ1) is 106. The number of nitrogen functional groups attached to an aromatic ring is 3. The van der Waals surface area contributed by atoms with E-state index in [2.05, 4.69) is 67.8 Å². The summed E-state index contributed by atoms with van der Waals surface area (Å²) in [4.78, 5) is 120. The Balaban J connectivity index is 0.000000178. The summed E-state index contributed by atoms with van der Waals surface area (Å²) < 4.78 is 95.9. The summed E-state index contributed by atoms with van der Waals surface area (Å²) in [6.07, 6.45) is 8.55.